The van der Waals surface area contributed by atoms with Crippen LogP contribution in [0.1, 0.15) is 44.2 Å². The van der Waals surface area contributed by atoms with E-state index in [-0.39, 0.29) is 5.41 Å². The molecule has 1 aromatic rings. The number of fused-ring (bicyclic) bond motifs is 1. The number of nitrogens with zero attached hydrogens (tertiary/aromatic N) is 1. The van der Waals surface area contributed by atoms with E-state index in [1.165, 1.54) is 29.8 Å². The Morgan fingerprint density at radius 1 is 1.50 bits per heavy atom. The van der Waals surface area contributed by atoms with Gasteiger partial charge in [-0.2, -0.15) is 0 Å². The van der Waals surface area contributed by atoms with Crippen molar-refractivity contribution in [2.45, 2.75) is 45.4 Å². The highest BCUT2D eigenvalue weighted by Gasteiger charge is 2.37. The second-order valence-electron chi connectivity index (χ2n) is 4.75. The molecule has 1 unspecified atom stereocenters. The largest absolute Gasteiger partial charge is 0.375 e. The molecule has 1 aliphatic rings. The van der Waals surface area contributed by atoms with Crippen LogP contribution in [0.5, 0.6) is 0 Å². The van der Waals surface area contributed by atoms with Gasteiger partial charge in [0.1, 0.15) is 0 Å². The smallest absolute Gasteiger partial charge is 0.180 e. The van der Waals surface area contributed by atoms with Gasteiger partial charge >= 0.3 is 0 Å². The van der Waals surface area contributed by atoms with Gasteiger partial charge in [-0.3, -0.25) is 0 Å². The molecule has 14 heavy (non-hydrogen) atoms. The molecule has 0 spiro atoms. The van der Waals surface area contributed by atoms with Crippen LogP contribution < -0.4 is 5.73 Å². The molecule has 1 aromatic heterocycles. The predicted octanol–water partition coefficient (Wildman–Crippen LogP) is 2.98. The van der Waals surface area contributed by atoms with Gasteiger partial charge in [0.2, 0.25) is 0 Å². The summed E-state index contributed by atoms with van der Waals surface area (Å²) < 4.78 is 0. The van der Waals surface area contributed by atoms with Gasteiger partial charge in [-0.15, -0.1) is 11.3 Å². The Balaban J connectivity index is 2.49. The van der Waals surface area contributed by atoms with E-state index >= 15 is 0 Å². The second-order valence-corrected chi connectivity index (χ2v) is 5.86. The molecular weight excluding hydrogens is 192 g/mol. The fraction of sp³-hybridized carbons (Fsp3) is 0.727. The van der Waals surface area contributed by atoms with Crippen LogP contribution in [0.3, 0.4) is 0 Å². The summed E-state index contributed by atoms with van der Waals surface area (Å²) in [6.45, 7) is 6.89. The quantitative estimate of drug-likeness (QED) is 0.774. The topological polar surface area (TPSA) is 38.9 Å². The summed E-state index contributed by atoms with van der Waals surface area (Å²) in [5, 5.41) is 0.740. The monoisotopic (exact) mass is 210 g/mol. The zero-order valence-electron chi connectivity index (χ0n) is 9.13. The molecule has 78 valence electrons. The molecule has 1 heterocycles. The van der Waals surface area contributed by atoms with Gasteiger partial charge in [-0.05, 0) is 25.2 Å². The Bertz CT molecular complexity index is 343. The maximum absolute atomic E-state index is 5.79. The Kier molecular flexibility index (Phi) is 2.30. The summed E-state index contributed by atoms with van der Waals surface area (Å²) in [6, 6.07) is 0. The van der Waals surface area contributed by atoms with Gasteiger partial charge < -0.3 is 5.73 Å². The van der Waals surface area contributed by atoms with Crippen LogP contribution in [0.4, 0.5) is 5.13 Å². The second kappa shape index (κ2) is 3.23. The maximum atomic E-state index is 5.79. The van der Waals surface area contributed by atoms with Gasteiger partial charge in [-0.25, -0.2) is 4.98 Å². The lowest BCUT2D eigenvalue weighted by Crippen LogP contribution is -2.32. The van der Waals surface area contributed by atoms with Gasteiger partial charge in [0.05, 0.1) is 5.69 Å². The average Bonchev–Trinajstić information content (AvgIpc) is 2.47. The van der Waals surface area contributed by atoms with E-state index in [0.717, 1.165) is 5.13 Å². The van der Waals surface area contributed by atoms with Crippen LogP contribution in [-0.4, -0.2) is 4.98 Å². The Hall–Kier alpha value is -0.570. The fourth-order valence-corrected chi connectivity index (χ4v) is 3.29. The average molecular weight is 210 g/mol. The number of aromatic nitrogens is 1. The molecule has 2 rings (SSSR count). The molecule has 0 amide bonds. The molecule has 0 aromatic carbocycles. The third-order valence-electron chi connectivity index (χ3n) is 3.63. The van der Waals surface area contributed by atoms with Crippen LogP contribution in [0, 0.1) is 5.92 Å². The van der Waals surface area contributed by atoms with Crippen molar-refractivity contribution in [3.8, 4) is 0 Å². The molecule has 0 aliphatic heterocycles. The Morgan fingerprint density at radius 3 is 2.86 bits per heavy atom. The third-order valence-corrected chi connectivity index (χ3v) is 4.57. The normalized spacial score (nSPS) is 26.6. The zero-order chi connectivity index (χ0) is 10.3. The Labute approximate surface area is 89.5 Å². The standard InChI is InChI=1S/C11H18N2S/c1-7(2)11(3)6-4-5-8-9(11)13-10(12)14-8/h7H,4-6H2,1-3H3,(H2,12,13). The summed E-state index contributed by atoms with van der Waals surface area (Å²) in [6.07, 6.45) is 3.71. The van der Waals surface area contributed by atoms with E-state index < -0.39 is 0 Å². The van der Waals surface area contributed by atoms with Crippen molar-refractivity contribution in [1.82, 2.24) is 4.98 Å². The molecule has 0 saturated carbocycles. The minimum Gasteiger partial charge on any atom is -0.375 e. The summed E-state index contributed by atoms with van der Waals surface area (Å²) >= 11 is 1.68. The van der Waals surface area contributed by atoms with Crippen LogP contribution in [0.15, 0.2) is 0 Å². The zero-order valence-corrected chi connectivity index (χ0v) is 9.95. The highest BCUT2D eigenvalue weighted by atomic mass is 32.1. The molecule has 3 heteroatoms. The minimum atomic E-state index is 0.252. The molecule has 0 bridgehead atoms. The van der Waals surface area contributed by atoms with Crippen molar-refractivity contribution < 1.29 is 0 Å². The number of hydrogen-bond acceptors (Lipinski definition) is 3. The van der Waals surface area contributed by atoms with Crippen molar-refractivity contribution in [2.75, 3.05) is 5.73 Å². The van der Waals surface area contributed by atoms with Crippen molar-refractivity contribution >= 4 is 16.5 Å². The molecule has 2 N–H and O–H groups in total. The summed E-state index contributed by atoms with van der Waals surface area (Å²) in [7, 11) is 0. The number of nitrogens with two attached hydrogens (primary N) is 1. The number of nitrogen functional groups attached to an aromatic ring is 1. The molecular formula is C11H18N2S. The molecule has 0 saturated heterocycles. The van der Waals surface area contributed by atoms with E-state index in [4.69, 9.17) is 5.73 Å². The predicted molar refractivity (Wildman–Crippen MR) is 61.7 cm³/mol. The SMILES string of the molecule is CC(C)C1(C)CCCc2sc(N)nc21. The molecule has 1 atom stereocenters. The number of aryl methyl sites for hydroxylation is 1. The number of rotatable bonds is 1. The van der Waals surface area contributed by atoms with Gasteiger partial charge in [0.15, 0.2) is 5.13 Å². The van der Waals surface area contributed by atoms with E-state index in [0.29, 0.717) is 5.92 Å². The van der Waals surface area contributed by atoms with Crippen LogP contribution in [-0.2, 0) is 11.8 Å². The Morgan fingerprint density at radius 2 is 2.21 bits per heavy atom. The molecule has 0 radical (unpaired) electrons. The number of anilines is 1. The minimum absolute atomic E-state index is 0.252. The van der Waals surface area contributed by atoms with Crippen molar-refractivity contribution in [3.63, 3.8) is 0 Å². The van der Waals surface area contributed by atoms with Crippen LogP contribution >= 0.6 is 11.3 Å². The van der Waals surface area contributed by atoms with Gasteiger partial charge in [-0.1, -0.05) is 20.8 Å². The first-order chi connectivity index (χ1) is 6.54. The highest BCUT2D eigenvalue weighted by Crippen LogP contribution is 2.44. The van der Waals surface area contributed by atoms with Crippen molar-refractivity contribution in [3.05, 3.63) is 10.6 Å². The van der Waals surface area contributed by atoms with E-state index in [2.05, 4.69) is 25.8 Å². The lowest BCUT2D eigenvalue weighted by Gasteiger charge is -2.36. The first kappa shape index (κ1) is 9.97. The lowest BCUT2D eigenvalue weighted by molar-refractivity contribution is 0.285. The van der Waals surface area contributed by atoms with Gasteiger partial charge in [0.25, 0.3) is 0 Å². The summed E-state index contributed by atoms with van der Waals surface area (Å²) in [5.41, 5.74) is 7.32. The van der Waals surface area contributed by atoms with Crippen molar-refractivity contribution in [1.29, 1.82) is 0 Å². The highest BCUT2D eigenvalue weighted by molar-refractivity contribution is 7.15. The first-order valence-electron chi connectivity index (χ1n) is 5.29. The van der Waals surface area contributed by atoms with Crippen LogP contribution in [0.2, 0.25) is 0 Å². The van der Waals surface area contributed by atoms with E-state index in [1.807, 2.05) is 0 Å². The maximum Gasteiger partial charge on any atom is 0.180 e. The molecule has 2 nitrogen and oxygen atoms in total. The lowest BCUT2D eigenvalue weighted by atomic mass is 9.69. The fourth-order valence-electron chi connectivity index (χ4n) is 2.28. The van der Waals surface area contributed by atoms with E-state index in [9.17, 15) is 0 Å². The number of thiazole rings is 1. The molecule has 0 fully saturated rings. The van der Waals surface area contributed by atoms with Crippen LogP contribution in [0.25, 0.3) is 0 Å². The summed E-state index contributed by atoms with van der Waals surface area (Å²) in [5.74, 6) is 0.642. The summed E-state index contributed by atoms with van der Waals surface area (Å²) in [4.78, 5) is 5.94. The third kappa shape index (κ3) is 1.34. The van der Waals surface area contributed by atoms with Crippen molar-refractivity contribution in [2.24, 2.45) is 5.92 Å². The molecule has 1 aliphatic carbocycles. The van der Waals surface area contributed by atoms with E-state index in [1.54, 1.807) is 11.3 Å². The van der Waals surface area contributed by atoms with Gasteiger partial charge in [0, 0.05) is 10.3 Å². The first-order valence-corrected chi connectivity index (χ1v) is 6.11. The number of hydrogen-bond donors (Lipinski definition) is 1.